The molecule has 1 N–H and O–H groups in total. The zero-order valence-corrected chi connectivity index (χ0v) is 11.5. The molecule has 0 bridgehead atoms. The highest BCUT2D eigenvalue weighted by Gasteiger charge is 2.04. The van der Waals surface area contributed by atoms with Crippen molar-refractivity contribution in [2.45, 2.75) is 34.2 Å². The molecule has 2 nitrogen and oxygen atoms in total. The number of hydrogen-bond donors (Lipinski definition) is 1. The maximum absolute atomic E-state index is 4.18. The van der Waals surface area contributed by atoms with E-state index in [9.17, 15) is 0 Å². The monoisotopic (exact) mass is 240 g/mol. The summed E-state index contributed by atoms with van der Waals surface area (Å²) in [7, 11) is 0. The first-order valence-electron chi connectivity index (χ1n) is 6.29. The largest absolute Gasteiger partial charge is 0.380 e. The molecule has 1 heterocycles. The standard InChI is InChI=1S/C16H20N2/c1-11-7-13(3)16(14(4)8-11)18-10-15-9-17-6-5-12(15)2/h5-9,18H,10H2,1-4H3. The lowest BCUT2D eigenvalue weighted by molar-refractivity contribution is 1.07. The summed E-state index contributed by atoms with van der Waals surface area (Å²) >= 11 is 0. The van der Waals surface area contributed by atoms with Gasteiger partial charge in [-0.1, -0.05) is 17.7 Å². The van der Waals surface area contributed by atoms with E-state index in [-0.39, 0.29) is 0 Å². The number of pyridine rings is 1. The smallest absolute Gasteiger partial charge is 0.0418 e. The van der Waals surface area contributed by atoms with Gasteiger partial charge in [0.2, 0.25) is 0 Å². The van der Waals surface area contributed by atoms with Gasteiger partial charge < -0.3 is 5.32 Å². The van der Waals surface area contributed by atoms with Crippen molar-refractivity contribution >= 4 is 5.69 Å². The van der Waals surface area contributed by atoms with Gasteiger partial charge in [-0.25, -0.2) is 0 Å². The Morgan fingerprint density at radius 2 is 1.67 bits per heavy atom. The Morgan fingerprint density at radius 1 is 1.00 bits per heavy atom. The number of rotatable bonds is 3. The maximum atomic E-state index is 4.18. The molecule has 1 aromatic heterocycles. The van der Waals surface area contributed by atoms with Crippen LogP contribution in [0.25, 0.3) is 0 Å². The van der Waals surface area contributed by atoms with Crippen LogP contribution in [-0.4, -0.2) is 4.98 Å². The van der Waals surface area contributed by atoms with Crippen LogP contribution in [-0.2, 0) is 6.54 Å². The molecule has 2 heteroatoms. The average molecular weight is 240 g/mol. The molecular formula is C16H20N2. The summed E-state index contributed by atoms with van der Waals surface area (Å²) in [6, 6.07) is 6.47. The molecule has 1 aromatic carbocycles. The summed E-state index contributed by atoms with van der Waals surface area (Å²) in [5, 5.41) is 3.53. The molecule has 0 saturated carbocycles. The molecule has 2 aromatic rings. The number of aryl methyl sites for hydroxylation is 4. The Bertz CT molecular complexity index is 536. The van der Waals surface area contributed by atoms with Gasteiger partial charge in [-0.2, -0.15) is 0 Å². The molecule has 0 unspecified atom stereocenters. The highest BCUT2D eigenvalue weighted by molar-refractivity contribution is 5.58. The van der Waals surface area contributed by atoms with Gasteiger partial charge in [-0.05, 0) is 56.0 Å². The van der Waals surface area contributed by atoms with Crippen LogP contribution in [0, 0.1) is 27.7 Å². The van der Waals surface area contributed by atoms with Gasteiger partial charge in [0.05, 0.1) is 0 Å². The summed E-state index contributed by atoms with van der Waals surface area (Å²) in [5.74, 6) is 0. The molecule has 0 spiro atoms. The van der Waals surface area contributed by atoms with Crippen LogP contribution in [0.15, 0.2) is 30.6 Å². The van der Waals surface area contributed by atoms with Crippen molar-refractivity contribution in [2.24, 2.45) is 0 Å². The van der Waals surface area contributed by atoms with Gasteiger partial charge in [-0.15, -0.1) is 0 Å². The van der Waals surface area contributed by atoms with E-state index in [1.165, 1.54) is 33.5 Å². The fourth-order valence-corrected chi connectivity index (χ4v) is 2.32. The quantitative estimate of drug-likeness (QED) is 0.879. The van der Waals surface area contributed by atoms with E-state index >= 15 is 0 Å². The number of benzene rings is 1. The second-order valence-electron chi connectivity index (χ2n) is 4.93. The highest BCUT2D eigenvalue weighted by atomic mass is 14.9. The Morgan fingerprint density at radius 3 is 2.28 bits per heavy atom. The molecule has 0 aliphatic carbocycles. The van der Waals surface area contributed by atoms with E-state index in [0.717, 1.165) is 6.54 Å². The zero-order chi connectivity index (χ0) is 13.1. The summed E-state index contributed by atoms with van der Waals surface area (Å²) in [4.78, 5) is 4.18. The van der Waals surface area contributed by atoms with Crippen molar-refractivity contribution < 1.29 is 0 Å². The van der Waals surface area contributed by atoms with Crippen molar-refractivity contribution in [1.29, 1.82) is 0 Å². The van der Waals surface area contributed by atoms with E-state index in [4.69, 9.17) is 0 Å². The zero-order valence-electron chi connectivity index (χ0n) is 11.5. The molecule has 2 rings (SSSR count). The molecular weight excluding hydrogens is 220 g/mol. The topological polar surface area (TPSA) is 24.9 Å². The van der Waals surface area contributed by atoms with Crippen LogP contribution < -0.4 is 5.32 Å². The molecule has 94 valence electrons. The van der Waals surface area contributed by atoms with Gasteiger partial charge in [0.25, 0.3) is 0 Å². The van der Waals surface area contributed by atoms with Crippen LogP contribution in [0.4, 0.5) is 5.69 Å². The fraction of sp³-hybridized carbons (Fsp3) is 0.312. The Balaban J connectivity index is 2.19. The van der Waals surface area contributed by atoms with Crippen LogP contribution >= 0.6 is 0 Å². The molecule has 0 aliphatic rings. The average Bonchev–Trinajstić information content (AvgIpc) is 2.30. The predicted octanol–water partition coefficient (Wildman–Crippen LogP) is 3.93. The highest BCUT2D eigenvalue weighted by Crippen LogP contribution is 2.22. The Hall–Kier alpha value is -1.83. The Kier molecular flexibility index (Phi) is 3.66. The SMILES string of the molecule is Cc1cc(C)c(NCc2cnccc2C)c(C)c1. The summed E-state index contributed by atoms with van der Waals surface area (Å²) < 4.78 is 0. The van der Waals surface area contributed by atoms with E-state index < -0.39 is 0 Å². The van der Waals surface area contributed by atoms with Crippen molar-refractivity contribution in [3.63, 3.8) is 0 Å². The number of nitrogens with zero attached hydrogens (tertiary/aromatic N) is 1. The molecule has 0 radical (unpaired) electrons. The summed E-state index contributed by atoms with van der Waals surface area (Å²) in [6.07, 6.45) is 3.77. The Labute approximate surface area is 109 Å². The van der Waals surface area contributed by atoms with Crippen LogP contribution in [0.3, 0.4) is 0 Å². The van der Waals surface area contributed by atoms with Crippen LogP contribution in [0.5, 0.6) is 0 Å². The second-order valence-corrected chi connectivity index (χ2v) is 4.93. The lowest BCUT2D eigenvalue weighted by atomic mass is 10.0. The molecule has 0 atom stereocenters. The van der Waals surface area contributed by atoms with Crippen molar-refractivity contribution in [1.82, 2.24) is 4.98 Å². The minimum Gasteiger partial charge on any atom is -0.380 e. The summed E-state index contributed by atoms with van der Waals surface area (Å²) in [5.41, 5.74) is 7.68. The number of nitrogens with one attached hydrogen (secondary N) is 1. The number of aromatic nitrogens is 1. The lowest BCUT2D eigenvalue weighted by Gasteiger charge is -2.14. The minimum atomic E-state index is 0.824. The van der Waals surface area contributed by atoms with E-state index in [0.29, 0.717) is 0 Å². The third-order valence-corrected chi connectivity index (χ3v) is 3.28. The summed E-state index contributed by atoms with van der Waals surface area (Å²) in [6.45, 7) is 9.38. The van der Waals surface area contributed by atoms with Gasteiger partial charge >= 0.3 is 0 Å². The van der Waals surface area contributed by atoms with Crippen LogP contribution in [0.2, 0.25) is 0 Å². The molecule has 0 saturated heterocycles. The van der Waals surface area contributed by atoms with Gasteiger partial charge in [-0.3, -0.25) is 4.98 Å². The fourth-order valence-electron chi connectivity index (χ4n) is 2.32. The first-order chi connectivity index (χ1) is 8.58. The van der Waals surface area contributed by atoms with Crippen molar-refractivity contribution in [3.05, 3.63) is 58.4 Å². The third-order valence-electron chi connectivity index (χ3n) is 3.28. The molecule has 0 fully saturated rings. The second kappa shape index (κ2) is 5.21. The van der Waals surface area contributed by atoms with E-state index in [2.05, 4.69) is 50.1 Å². The first-order valence-corrected chi connectivity index (χ1v) is 6.29. The predicted molar refractivity (Wildman–Crippen MR) is 77.0 cm³/mol. The van der Waals surface area contributed by atoms with E-state index in [1.54, 1.807) is 0 Å². The molecule has 0 aliphatic heterocycles. The lowest BCUT2D eigenvalue weighted by Crippen LogP contribution is -2.05. The molecule has 0 amide bonds. The van der Waals surface area contributed by atoms with Crippen molar-refractivity contribution in [3.8, 4) is 0 Å². The minimum absolute atomic E-state index is 0.824. The van der Waals surface area contributed by atoms with E-state index in [1.807, 2.05) is 18.5 Å². The number of hydrogen-bond acceptors (Lipinski definition) is 2. The third kappa shape index (κ3) is 2.70. The van der Waals surface area contributed by atoms with Gasteiger partial charge in [0.15, 0.2) is 0 Å². The van der Waals surface area contributed by atoms with Gasteiger partial charge in [0.1, 0.15) is 0 Å². The van der Waals surface area contributed by atoms with Crippen molar-refractivity contribution in [2.75, 3.05) is 5.32 Å². The van der Waals surface area contributed by atoms with Crippen LogP contribution in [0.1, 0.15) is 27.8 Å². The normalized spacial score (nSPS) is 10.4. The molecule has 18 heavy (non-hydrogen) atoms. The maximum Gasteiger partial charge on any atom is 0.0418 e. The van der Waals surface area contributed by atoms with Gasteiger partial charge in [0, 0.05) is 24.6 Å². The number of anilines is 1. The first kappa shape index (κ1) is 12.6.